The molecule has 4 rings (SSSR count). The Morgan fingerprint density at radius 3 is 2.49 bits per heavy atom. The number of benzene rings is 1. The quantitative estimate of drug-likeness (QED) is 0.427. The molecule has 35 heavy (non-hydrogen) atoms. The summed E-state index contributed by atoms with van der Waals surface area (Å²) in [5.74, 6) is -2.58. The minimum absolute atomic E-state index is 0.0286. The predicted octanol–water partition coefficient (Wildman–Crippen LogP) is 3.43. The lowest BCUT2D eigenvalue weighted by Gasteiger charge is -2.51. The van der Waals surface area contributed by atoms with E-state index in [4.69, 9.17) is 5.73 Å². The lowest BCUT2D eigenvalue weighted by atomic mass is 10.1. The molecule has 0 amide bonds. The Morgan fingerprint density at radius 1 is 1.23 bits per heavy atom. The summed E-state index contributed by atoms with van der Waals surface area (Å²) in [7, 11) is -3.89. The summed E-state index contributed by atoms with van der Waals surface area (Å²) < 4.78 is 54.2. The van der Waals surface area contributed by atoms with Gasteiger partial charge in [0.1, 0.15) is 22.3 Å². The van der Waals surface area contributed by atoms with E-state index in [1.54, 1.807) is 4.31 Å². The number of carbonyl (C=O) groups excluding carboxylic acids is 1. The monoisotopic (exact) mass is 529 g/mol. The van der Waals surface area contributed by atoms with E-state index >= 15 is 0 Å². The second kappa shape index (κ2) is 10.2. The van der Waals surface area contributed by atoms with Gasteiger partial charge in [-0.1, -0.05) is 17.4 Å². The van der Waals surface area contributed by atoms with Crippen LogP contribution < -0.4 is 11.1 Å². The minimum Gasteiger partial charge on any atom is -0.382 e. The number of likely N-dealkylation sites (tertiary alicyclic amines) is 1. The van der Waals surface area contributed by atoms with Gasteiger partial charge in [-0.05, 0) is 63.9 Å². The Balaban J connectivity index is 1.33. The fraction of sp³-hybridized carbons (Fsp3) is 0.565. The Kier molecular flexibility index (Phi) is 7.58. The van der Waals surface area contributed by atoms with Gasteiger partial charge >= 0.3 is 0 Å². The molecule has 12 heteroatoms. The molecule has 2 fully saturated rings. The van der Waals surface area contributed by atoms with E-state index in [1.807, 2.05) is 0 Å². The van der Waals surface area contributed by atoms with Crippen molar-refractivity contribution in [2.75, 3.05) is 55.8 Å². The summed E-state index contributed by atoms with van der Waals surface area (Å²) >= 11 is 0.949. The molecule has 0 radical (unpaired) electrons. The Hall–Kier alpha value is -1.99. The summed E-state index contributed by atoms with van der Waals surface area (Å²) in [5.41, 5.74) is 5.23. The standard InChI is InChI=1S/C23H33F2N5O3S2/c1-35(32,33,15-5-12-29-10-2-3-11-29)30-13-8-16(9-14-30)27-23-28-22(26)21(34-23)20(31)19-17(24)6-4-7-18(19)25/h4,6-7,16H,2-3,5,8-15,26H2,1H3,(H,27,28)(H,32,33). The molecule has 0 aliphatic carbocycles. The molecule has 1 aromatic heterocycles. The lowest BCUT2D eigenvalue weighted by molar-refractivity contribution is 0.103. The summed E-state index contributed by atoms with van der Waals surface area (Å²) in [5, 5.41) is 3.60. The van der Waals surface area contributed by atoms with E-state index in [-0.39, 0.29) is 22.5 Å². The van der Waals surface area contributed by atoms with Gasteiger partial charge in [0.15, 0.2) is 5.13 Å². The van der Waals surface area contributed by atoms with E-state index in [0.29, 0.717) is 37.5 Å². The maximum atomic E-state index is 14.0. The highest BCUT2D eigenvalue weighted by atomic mass is 32.3. The number of aromatic nitrogens is 1. The molecule has 2 saturated heterocycles. The first kappa shape index (κ1) is 26.1. The number of nitrogens with zero attached hydrogens (tertiary/aromatic N) is 3. The number of halogens is 2. The average molecular weight is 530 g/mol. The number of thiazole rings is 1. The summed E-state index contributed by atoms with van der Waals surface area (Å²) in [6.45, 7) is 3.90. The first-order valence-corrected chi connectivity index (χ1v) is 15.2. The Morgan fingerprint density at radius 2 is 1.86 bits per heavy atom. The minimum atomic E-state index is -3.89. The first-order valence-electron chi connectivity index (χ1n) is 11.9. The molecule has 2 aliphatic rings. The molecule has 194 valence electrons. The molecular formula is C23H33F2N5O3S2. The van der Waals surface area contributed by atoms with Crippen LogP contribution >= 0.6 is 11.3 Å². The van der Waals surface area contributed by atoms with Crippen molar-refractivity contribution in [3.05, 3.63) is 40.3 Å². The fourth-order valence-corrected chi connectivity index (χ4v) is 7.89. The third kappa shape index (κ3) is 6.05. The van der Waals surface area contributed by atoms with Crippen LogP contribution in [0, 0.1) is 11.6 Å². The number of rotatable bonds is 9. The molecule has 4 N–H and O–H groups in total. The van der Waals surface area contributed by atoms with Gasteiger partial charge in [0.25, 0.3) is 0 Å². The van der Waals surface area contributed by atoms with Gasteiger partial charge < -0.3 is 16.0 Å². The second-order valence-electron chi connectivity index (χ2n) is 9.54. The van der Waals surface area contributed by atoms with Crippen LogP contribution in [-0.4, -0.2) is 79.5 Å². The van der Waals surface area contributed by atoms with Crippen molar-refractivity contribution >= 4 is 37.6 Å². The molecule has 3 heterocycles. The van der Waals surface area contributed by atoms with Crippen LogP contribution in [0.3, 0.4) is 0 Å². The molecule has 0 spiro atoms. The predicted molar refractivity (Wildman–Crippen MR) is 136 cm³/mol. The number of nitrogens with two attached hydrogens (primary N) is 1. The molecule has 2 aromatic rings. The van der Waals surface area contributed by atoms with E-state index in [9.17, 15) is 22.3 Å². The number of nitrogens with one attached hydrogen (secondary N) is 1. The maximum Gasteiger partial charge on any atom is 0.212 e. The molecule has 1 aromatic carbocycles. The second-order valence-corrected chi connectivity index (χ2v) is 14.3. The van der Waals surface area contributed by atoms with Crippen LogP contribution in [0.25, 0.3) is 0 Å². The number of hydrogen-bond acceptors (Lipinski definition) is 7. The van der Waals surface area contributed by atoms with Gasteiger partial charge in [-0.25, -0.2) is 18.1 Å². The fourth-order valence-electron chi connectivity index (χ4n) is 4.78. The van der Waals surface area contributed by atoms with Crippen LogP contribution in [0.1, 0.15) is 47.3 Å². The maximum absolute atomic E-state index is 14.0. The van der Waals surface area contributed by atoms with Gasteiger partial charge in [0.05, 0.1) is 5.56 Å². The van der Waals surface area contributed by atoms with Crippen LogP contribution in [0.4, 0.5) is 19.7 Å². The molecule has 0 saturated carbocycles. The smallest absolute Gasteiger partial charge is 0.212 e. The normalized spacial score (nSPS) is 19.5. The zero-order valence-corrected chi connectivity index (χ0v) is 21.5. The van der Waals surface area contributed by atoms with E-state index in [1.165, 1.54) is 25.2 Å². The van der Waals surface area contributed by atoms with Crippen LogP contribution in [0.15, 0.2) is 18.2 Å². The van der Waals surface area contributed by atoms with Gasteiger partial charge in [0, 0.05) is 31.1 Å². The molecular weight excluding hydrogens is 496 g/mol. The zero-order chi connectivity index (χ0) is 25.2. The highest BCUT2D eigenvalue weighted by Crippen LogP contribution is 2.32. The SMILES string of the molecule is CS(=O)(O)(CCCN1CCCC1)N1CCC(Nc2nc(N)c(C(=O)c3c(F)cccc3F)s2)CC1. The van der Waals surface area contributed by atoms with Crippen molar-refractivity contribution in [2.24, 2.45) is 0 Å². The number of hydrogen-bond donors (Lipinski definition) is 3. The molecule has 8 nitrogen and oxygen atoms in total. The first-order chi connectivity index (χ1) is 16.5. The largest absolute Gasteiger partial charge is 0.382 e. The Labute approximate surface area is 208 Å². The zero-order valence-electron chi connectivity index (χ0n) is 19.8. The molecule has 0 unspecified atom stereocenters. The number of nitrogen functional groups attached to an aromatic ring is 1. The van der Waals surface area contributed by atoms with Gasteiger partial charge in [-0.2, -0.15) is 4.21 Å². The van der Waals surface area contributed by atoms with Crippen molar-refractivity contribution < 1.29 is 22.3 Å². The molecule has 0 atom stereocenters. The van der Waals surface area contributed by atoms with Crippen molar-refractivity contribution in [3.8, 4) is 0 Å². The van der Waals surface area contributed by atoms with Crippen LogP contribution in [-0.2, 0) is 9.53 Å². The number of piperidine rings is 1. The van der Waals surface area contributed by atoms with Gasteiger partial charge in [-0.3, -0.25) is 9.35 Å². The lowest BCUT2D eigenvalue weighted by Crippen LogP contribution is -2.56. The van der Waals surface area contributed by atoms with Crippen molar-refractivity contribution in [2.45, 2.75) is 38.1 Å². The highest BCUT2D eigenvalue weighted by Gasteiger charge is 2.34. The molecule has 2 aliphatic heterocycles. The summed E-state index contributed by atoms with van der Waals surface area (Å²) in [4.78, 5) is 19.2. The van der Waals surface area contributed by atoms with Crippen molar-refractivity contribution in [3.63, 3.8) is 0 Å². The third-order valence-electron chi connectivity index (χ3n) is 6.78. The highest BCUT2D eigenvalue weighted by molar-refractivity contribution is 8.12. The topological polar surface area (TPSA) is 112 Å². The number of anilines is 2. The van der Waals surface area contributed by atoms with Crippen molar-refractivity contribution in [1.29, 1.82) is 0 Å². The van der Waals surface area contributed by atoms with E-state index < -0.39 is 32.5 Å². The Bertz CT molecular complexity index is 1120. The van der Waals surface area contributed by atoms with Crippen LogP contribution in [0.2, 0.25) is 0 Å². The van der Waals surface area contributed by atoms with Gasteiger partial charge in [-0.15, -0.1) is 9.53 Å². The molecule has 0 bridgehead atoms. The summed E-state index contributed by atoms with van der Waals surface area (Å²) in [6, 6.07) is 3.20. The number of carbonyl (C=O) groups is 1. The number of ketones is 1. The average Bonchev–Trinajstić information content (AvgIpc) is 3.43. The van der Waals surface area contributed by atoms with Crippen molar-refractivity contribution in [1.82, 2.24) is 14.2 Å². The van der Waals surface area contributed by atoms with Gasteiger partial charge in [0.2, 0.25) is 5.78 Å². The summed E-state index contributed by atoms with van der Waals surface area (Å²) in [6.07, 6.45) is 5.78. The third-order valence-corrected chi connectivity index (χ3v) is 10.7. The van der Waals surface area contributed by atoms with E-state index in [2.05, 4.69) is 15.2 Å². The van der Waals surface area contributed by atoms with E-state index in [0.717, 1.165) is 43.1 Å². The van der Waals surface area contributed by atoms with Crippen LogP contribution in [0.5, 0.6) is 0 Å².